The first-order valence-corrected chi connectivity index (χ1v) is 6.12. The fourth-order valence-corrected chi connectivity index (χ4v) is 1.70. The summed E-state index contributed by atoms with van der Waals surface area (Å²) in [6.07, 6.45) is 0.714. The van der Waals surface area contributed by atoms with Crippen LogP contribution in [0.25, 0.3) is 0 Å². The molecule has 0 unspecified atom stereocenters. The molecule has 0 aliphatic carbocycles. The van der Waals surface area contributed by atoms with Crippen LogP contribution < -0.4 is 5.32 Å². The van der Waals surface area contributed by atoms with Gasteiger partial charge in [0.05, 0.1) is 6.54 Å². The smallest absolute Gasteiger partial charge is 0.251 e. The standard InChI is InChI=1S/C16H13NO3/c18-11-12-6-8-13(9-7-12)15(19)10-17-16(20)14-4-2-1-3-5-14/h1-9,11H,10H2,(H,17,20). The van der Waals surface area contributed by atoms with E-state index >= 15 is 0 Å². The zero-order valence-electron chi connectivity index (χ0n) is 10.7. The van der Waals surface area contributed by atoms with Crippen LogP contribution in [0.15, 0.2) is 54.6 Å². The van der Waals surface area contributed by atoms with Gasteiger partial charge in [0.25, 0.3) is 5.91 Å². The molecule has 0 saturated carbocycles. The lowest BCUT2D eigenvalue weighted by Gasteiger charge is -2.05. The average Bonchev–Trinajstić information content (AvgIpc) is 2.53. The average molecular weight is 267 g/mol. The maximum atomic E-state index is 11.9. The van der Waals surface area contributed by atoms with E-state index in [0.29, 0.717) is 23.0 Å². The fourth-order valence-electron chi connectivity index (χ4n) is 1.70. The third-order valence-electron chi connectivity index (χ3n) is 2.81. The summed E-state index contributed by atoms with van der Waals surface area (Å²) in [5.74, 6) is -0.491. The summed E-state index contributed by atoms with van der Waals surface area (Å²) in [6.45, 7) is -0.0752. The molecular formula is C16H13NO3. The minimum absolute atomic E-state index is 0.0752. The molecule has 0 spiro atoms. The number of Topliss-reactive ketones (excluding diaryl/α,β-unsaturated/α-hetero) is 1. The first kappa shape index (κ1) is 13.7. The highest BCUT2D eigenvalue weighted by Gasteiger charge is 2.09. The second-order valence-corrected chi connectivity index (χ2v) is 4.21. The van der Waals surface area contributed by atoms with Crippen LogP contribution in [-0.4, -0.2) is 24.5 Å². The number of amides is 1. The molecular weight excluding hydrogens is 254 g/mol. The van der Waals surface area contributed by atoms with Gasteiger partial charge in [-0.2, -0.15) is 0 Å². The molecule has 2 aromatic carbocycles. The minimum Gasteiger partial charge on any atom is -0.345 e. The van der Waals surface area contributed by atoms with Gasteiger partial charge >= 0.3 is 0 Å². The number of ketones is 1. The van der Waals surface area contributed by atoms with Gasteiger partial charge in [0, 0.05) is 16.7 Å². The van der Waals surface area contributed by atoms with Crippen LogP contribution in [0, 0.1) is 0 Å². The Balaban J connectivity index is 1.95. The first-order valence-electron chi connectivity index (χ1n) is 6.12. The van der Waals surface area contributed by atoms with E-state index < -0.39 is 0 Å². The molecule has 0 aliphatic rings. The van der Waals surface area contributed by atoms with Crippen LogP contribution in [0.3, 0.4) is 0 Å². The monoisotopic (exact) mass is 267 g/mol. The van der Waals surface area contributed by atoms with Crippen molar-refractivity contribution in [3.8, 4) is 0 Å². The predicted octanol–water partition coefficient (Wildman–Crippen LogP) is 2.11. The van der Waals surface area contributed by atoms with Crippen LogP contribution in [0.4, 0.5) is 0 Å². The summed E-state index contributed by atoms with van der Waals surface area (Å²) in [4.78, 5) is 34.2. The Kier molecular flexibility index (Phi) is 4.39. The number of rotatable bonds is 5. The molecule has 0 saturated heterocycles. The second-order valence-electron chi connectivity index (χ2n) is 4.21. The van der Waals surface area contributed by atoms with Gasteiger partial charge in [-0.3, -0.25) is 14.4 Å². The SMILES string of the molecule is O=Cc1ccc(C(=O)CNC(=O)c2ccccc2)cc1. The number of benzene rings is 2. The van der Waals surface area contributed by atoms with E-state index in [9.17, 15) is 14.4 Å². The molecule has 0 bridgehead atoms. The number of aldehydes is 1. The van der Waals surface area contributed by atoms with Gasteiger partial charge in [-0.1, -0.05) is 42.5 Å². The van der Waals surface area contributed by atoms with Crippen molar-refractivity contribution in [1.29, 1.82) is 0 Å². The van der Waals surface area contributed by atoms with Crippen molar-refractivity contribution in [2.75, 3.05) is 6.54 Å². The number of carbonyl (C=O) groups excluding carboxylic acids is 3. The summed E-state index contributed by atoms with van der Waals surface area (Å²) in [5, 5.41) is 2.57. The largest absolute Gasteiger partial charge is 0.345 e. The summed E-state index contributed by atoms with van der Waals surface area (Å²) in [6, 6.07) is 15.0. The molecule has 0 radical (unpaired) electrons. The summed E-state index contributed by atoms with van der Waals surface area (Å²) in [7, 11) is 0. The van der Waals surface area contributed by atoms with Crippen molar-refractivity contribution in [1.82, 2.24) is 5.32 Å². The molecule has 0 aliphatic heterocycles. The maximum Gasteiger partial charge on any atom is 0.251 e. The zero-order valence-corrected chi connectivity index (χ0v) is 10.7. The number of hydrogen-bond donors (Lipinski definition) is 1. The molecule has 1 amide bonds. The second kappa shape index (κ2) is 6.43. The van der Waals surface area contributed by atoms with Crippen molar-refractivity contribution in [3.63, 3.8) is 0 Å². The lowest BCUT2D eigenvalue weighted by atomic mass is 10.1. The minimum atomic E-state index is -0.288. The molecule has 0 fully saturated rings. The molecule has 20 heavy (non-hydrogen) atoms. The summed E-state index contributed by atoms with van der Waals surface area (Å²) >= 11 is 0. The van der Waals surface area contributed by atoms with E-state index in [-0.39, 0.29) is 18.2 Å². The molecule has 0 atom stereocenters. The lowest BCUT2D eigenvalue weighted by Crippen LogP contribution is -2.29. The highest BCUT2D eigenvalue weighted by Crippen LogP contribution is 2.03. The Morgan fingerprint density at radius 2 is 1.55 bits per heavy atom. The van der Waals surface area contributed by atoms with Gasteiger partial charge < -0.3 is 5.32 Å². The van der Waals surface area contributed by atoms with Crippen molar-refractivity contribution in [2.24, 2.45) is 0 Å². The predicted molar refractivity (Wildman–Crippen MR) is 74.9 cm³/mol. The summed E-state index contributed by atoms with van der Waals surface area (Å²) in [5.41, 5.74) is 1.48. The van der Waals surface area contributed by atoms with Gasteiger partial charge in [-0.05, 0) is 12.1 Å². The van der Waals surface area contributed by atoms with E-state index in [2.05, 4.69) is 5.32 Å². The van der Waals surface area contributed by atoms with Gasteiger partial charge in [-0.25, -0.2) is 0 Å². The Morgan fingerprint density at radius 3 is 2.15 bits per heavy atom. The van der Waals surface area contributed by atoms with Crippen LogP contribution >= 0.6 is 0 Å². The van der Waals surface area contributed by atoms with Crippen molar-refractivity contribution < 1.29 is 14.4 Å². The van der Waals surface area contributed by atoms with Gasteiger partial charge in [0.1, 0.15) is 6.29 Å². The molecule has 1 N–H and O–H groups in total. The number of hydrogen-bond acceptors (Lipinski definition) is 3. The van der Waals surface area contributed by atoms with Gasteiger partial charge in [-0.15, -0.1) is 0 Å². The number of carbonyl (C=O) groups is 3. The van der Waals surface area contributed by atoms with Crippen molar-refractivity contribution in [2.45, 2.75) is 0 Å². The Bertz CT molecular complexity index is 618. The molecule has 2 rings (SSSR count). The van der Waals surface area contributed by atoms with Crippen LogP contribution in [0.2, 0.25) is 0 Å². The van der Waals surface area contributed by atoms with Crippen LogP contribution in [0.1, 0.15) is 31.1 Å². The first-order chi connectivity index (χ1) is 9.70. The molecule has 100 valence electrons. The molecule has 0 aromatic heterocycles. The lowest BCUT2D eigenvalue weighted by molar-refractivity contribution is 0.0904. The zero-order chi connectivity index (χ0) is 14.4. The van der Waals surface area contributed by atoms with E-state index in [0.717, 1.165) is 0 Å². The topological polar surface area (TPSA) is 63.2 Å². The molecule has 4 nitrogen and oxygen atoms in total. The third kappa shape index (κ3) is 3.38. The van der Waals surface area contributed by atoms with Crippen molar-refractivity contribution in [3.05, 3.63) is 71.3 Å². The molecule has 2 aromatic rings. The van der Waals surface area contributed by atoms with Crippen LogP contribution in [0.5, 0.6) is 0 Å². The van der Waals surface area contributed by atoms with Crippen LogP contribution in [-0.2, 0) is 0 Å². The third-order valence-corrected chi connectivity index (χ3v) is 2.81. The Morgan fingerprint density at radius 1 is 0.900 bits per heavy atom. The van der Waals surface area contributed by atoms with Crippen molar-refractivity contribution >= 4 is 18.0 Å². The van der Waals surface area contributed by atoms with Gasteiger partial charge in [0.2, 0.25) is 0 Å². The maximum absolute atomic E-state index is 11.9. The van der Waals surface area contributed by atoms with Gasteiger partial charge in [0.15, 0.2) is 5.78 Å². The van der Waals surface area contributed by atoms with E-state index in [1.54, 1.807) is 48.5 Å². The molecule has 0 heterocycles. The number of nitrogens with one attached hydrogen (secondary N) is 1. The molecule has 4 heteroatoms. The van der Waals surface area contributed by atoms with E-state index in [1.807, 2.05) is 6.07 Å². The Hall–Kier alpha value is -2.75. The normalized spacial score (nSPS) is 9.80. The quantitative estimate of drug-likeness (QED) is 0.666. The highest BCUT2D eigenvalue weighted by molar-refractivity contribution is 6.02. The Labute approximate surface area is 116 Å². The fraction of sp³-hybridized carbons (Fsp3) is 0.0625. The highest BCUT2D eigenvalue weighted by atomic mass is 16.2. The van der Waals surface area contributed by atoms with E-state index in [1.165, 1.54) is 0 Å². The van der Waals surface area contributed by atoms with E-state index in [4.69, 9.17) is 0 Å². The summed E-state index contributed by atoms with van der Waals surface area (Å²) < 4.78 is 0.